The van der Waals surface area contributed by atoms with Crippen LogP contribution in [0, 0.1) is 29.1 Å². The van der Waals surface area contributed by atoms with Crippen LogP contribution in [0.25, 0.3) is 0 Å². The monoisotopic (exact) mass is 316 g/mol. The predicted molar refractivity (Wildman–Crippen MR) is 69.0 cm³/mol. The first-order valence-corrected chi connectivity index (χ1v) is 6.28. The van der Waals surface area contributed by atoms with Gasteiger partial charge < -0.3 is 10.0 Å². The third-order valence-electron chi connectivity index (χ3n) is 3.62. The van der Waals surface area contributed by atoms with Gasteiger partial charge in [-0.15, -0.1) is 0 Å². The number of aromatic hydroxyl groups is 1. The van der Waals surface area contributed by atoms with Crippen molar-refractivity contribution in [1.82, 2.24) is 0 Å². The summed E-state index contributed by atoms with van der Waals surface area (Å²) < 4.78 is 75.8. The van der Waals surface area contributed by atoms with Crippen molar-refractivity contribution in [3.05, 3.63) is 58.9 Å². The minimum Gasteiger partial charge on any atom is -0.506 e. The van der Waals surface area contributed by atoms with E-state index < -0.39 is 46.7 Å². The van der Waals surface area contributed by atoms with Crippen molar-refractivity contribution >= 4 is 5.69 Å². The van der Waals surface area contributed by atoms with Crippen molar-refractivity contribution in [2.75, 3.05) is 4.90 Å². The Kier molecular flexibility index (Phi) is 2.95. The van der Waals surface area contributed by atoms with E-state index in [0.29, 0.717) is 0 Å². The number of para-hydroxylation sites is 2. The van der Waals surface area contributed by atoms with E-state index in [0.717, 1.165) is 4.90 Å². The van der Waals surface area contributed by atoms with Gasteiger partial charge in [-0.05, 0) is 19.1 Å². The van der Waals surface area contributed by atoms with E-state index in [1.165, 1.54) is 31.2 Å². The standard InChI is InChI=1S/C15H10F5NO/c1-6-15(21(6)7-4-2-3-5-8(7)22)9-10(16)12(18)14(20)13(19)11(9)17/h2-6,15,22H,1H3/t6-,15-,21?/m0/s1/i6D. The summed E-state index contributed by atoms with van der Waals surface area (Å²) in [5.74, 6) is -10.6. The molecule has 1 saturated heterocycles. The highest BCUT2D eigenvalue weighted by Gasteiger charge is 2.50. The van der Waals surface area contributed by atoms with Crippen LogP contribution in [0.3, 0.4) is 0 Å². The number of anilines is 1. The normalized spacial score (nSPS) is 24.4. The number of hydrogen-bond donors (Lipinski definition) is 1. The van der Waals surface area contributed by atoms with E-state index in [2.05, 4.69) is 0 Å². The van der Waals surface area contributed by atoms with Gasteiger partial charge in [-0.1, -0.05) is 12.1 Å². The molecule has 2 aromatic rings. The highest BCUT2D eigenvalue weighted by atomic mass is 19.2. The van der Waals surface area contributed by atoms with Crippen LogP contribution in [0.1, 0.15) is 19.9 Å². The zero-order valence-electron chi connectivity index (χ0n) is 12.2. The third-order valence-corrected chi connectivity index (χ3v) is 3.62. The van der Waals surface area contributed by atoms with Gasteiger partial charge in [-0.25, -0.2) is 22.0 Å². The van der Waals surface area contributed by atoms with Crippen LogP contribution in [-0.2, 0) is 0 Å². The Labute approximate surface area is 123 Å². The molecule has 0 spiro atoms. The Balaban J connectivity index is 2.16. The highest BCUT2D eigenvalue weighted by Crippen LogP contribution is 2.51. The quantitative estimate of drug-likeness (QED) is 0.391. The van der Waals surface area contributed by atoms with Gasteiger partial charge in [0, 0.05) is 0 Å². The number of halogens is 5. The summed E-state index contributed by atoms with van der Waals surface area (Å²) in [6, 6.07) is 2.60. The fraction of sp³-hybridized carbons (Fsp3) is 0.200. The average molecular weight is 316 g/mol. The van der Waals surface area contributed by atoms with Gasteiger partial charge in [-0.3, -0.25) is 0 Å². The van der Waals surface area contributed by atoms with Crippen LogP contribution in [0.2, 0.25) is 0 Å². The SMILES string of the molecule is [2H][C@]1(C)[C@@H](c2c(F)c(F)c(F)c(F)c2F)N1c1ccccc1O. The zero-order valence-corrected chi connectivity index (χ0v) is 11.2. The maximum absolute atomic E-state index is 13.9. The molecule has 0 amide bonds. The van der Waals surface area contributed by atoms with Gasteiger partial charge in [-0.2, -0.15) is 0 Å². The lowest BCUT2D eigenvalue weighted by Crippen LogP contribution is -2.08. The lowest BCUT2D eigenvalue weighted by Gasteiger charge is -2.10. The first-order valence-electron chi connectivity index (χ1n) is 6.78. The second-order valence-electron chi connectivity index (χ2n) is 4.89. The molecule has 0 radical (unpaired) electrons. The number of rotatable bonds is 2. The number of phenolic OH excluding ortho intramolecular Hbond substituents is 1. The molecule has 1 heterocycles. The molecule has 0 aliphatic carbocycles. The molecule has 2 aromatic carbocycles. The van der Waals surface area contributed by atoms with Crippen LogP contribution >= 0.6 is 0 Å². The minimum absolute atomic E-state index is 0.0685. The van der Waals surface area contributed by atoms with E-state index in [9.17, 15) is 27.1 Å². The fourth-order valence-electron chi connectivity index (χ4n) is 2.49. The van der Waals surface area contributed by atoms with Gasteiger partial charge in [0.1, 0.15) is 5.75 Å². The maximum atomic E-state index is 13.9. The molecule has 7 heteroatoms. The Morgan fingerprint density at radius 3 is 2.00 bits per heavy atom. The molecule has 1 fully saturated rings. The first-order chi connectivity index (χ1) is 10.7. The van der Waals surface area contributed by atoms with Crippen molar-refractivity contribution in [2.24, 2.45) is 0 Å². The number of benzene rings is 2. The first kappa shape index (κ1) is 13.4. The largest absolute Gasteiger partial charge is 0.506 e. The van der Waals surface area contributed by atoms with Gasteiger partial charge in [0.25, 0.3) is 0 Å². The molecule has 1 aliphatic heterocycles. The van der Waals surface area contributed by atoms with Crippen LogP contribution in [-0.4, -0.2) is 11.1 Å². The minimum atomic E-state index is -2.25. The van der Waals surface area contributed by atoms with Crippen molar-refractivity contribution in [2.45, 2.75) is 19.0 Å². The Morgan fingerprint density at radius 2 is 1.45 bits per heavy atom. The zero-order chi connectivity index (χ0) is 17.1. The molecular weight excluding hydrogens is 305 g/mol. The summed E-state index contributed by atoms with van der Waals surface area (Å²) in [6.07, 6.45) is 0. The lowest BCUT2D eigenvalue weighted by atomic mass is 10.1. The molecule has 116 valence electrons. The van der Waals surface area contributed by atoms with E-state index in [4.69, 9.17) is 1.37 Å². The number of phenols is 1. The highest BCUT2D eigenvalue weighted by molar-refractivity contribution is 5.66. The van der Waals surface area contributed by atoms with Gasteiger partial charge in [0.05, 0.1) is 24.7 Å². The molecule has 0 bridgehead atoms. The van der Waals surface area contributed by atoms with Gasteiger partial charge in [0.2, 0.25) is 5.82 Å². The lowest BCUT2D eigenvalue weighted by molar-refractivity contribution is 0.370. The molecule has 2 nitrogen and oxygen atoms in total. The average Bonchev–Trinajstić information content (AvgIpc) is 3.06. The predicted octanol–water partition coefficient (Wildman–Crippen LogP) is 4.04. The Bertz CT molecular complexity index is 782. The molecule has 0 unspecified atom stereocenters. The molecule has 0 aromatic heterocycles. The summed E-state index contributed by atoms with van der Waals surface area (Å²) in [5.41, 5.74) is -1.01. The van der Waals surface area contributed by atoms with Crippen LogP contribution in [0.15, 0.2) is 24.3 Å². The van der Waals surface area contributed by atoms with Crippen LogP contribution in [0.4, 0.5) is 27.6 Å². The summed E-state index contributed by atoms with van der Waals surface area (Å²) in [4.78, 5) is 1.07. The number of nitrogens with zero attached hydrogens (tertiary/aromatic N) is 1. The molecular formula is C15H10F5NO. The van der Waals surface area contributed by atoms with E-state index in [1.807, 2.05) is 0 Å². The van der Waals surface area contributed by atoms with Crippen molar-refractivity contribution < 1.29 is 28.4 Å². The second kappa shape index (κ2) is 4.86. The summed E-state index contributed by atoms with van der Waals surface area (Å²) in [5, 5.41) is 9.79. The van der Waals surface area contributed by atoms with Crippen molar-refractivity contribution in [3.8, 4) is 5.75 Å². The smallest absolute Gasteiger partial charge is 0.200 e. The van der Waals surface area contributed by atoms with E-state index in [-0.39, 0.29) is 11.4 Å². The van der Waals surface area contributed by atoms with Gasteiger partial charge >= 0.3 is 0 Å². The van der Waals surface area contributed by atoms with E-state index >= 15 is 0 Å². The molecule has 1 aliphatic rings. The fourth-order valence-corrected chi connectivity index (χ4v) is 2.49. The maximum Gasteiger partial charge on any atom is 0.200 e. The second-order valence-corrected chi connectivity index (χ2v) is 4.89. The van der Waals surface area contributed by atoms with Crippen LogP contribution in [0.5, 0.6) is 5.75 Å². The van der Waals surface area contributed by atoms with Crippen molar-refractivity contribution in [3.63, 3.8) is 0 Å². The molecule has 3 rings (SSSR count). The Morgan fingerprint density at radius 1 is 0.955 bits per heavy atom. The third kappa shape index (κ3) is 1.92. The Hall–Kier alpha value is -2.31. The number of hydrogen-bond acceptors (Lipinski definition) is 2. The molecule has 1 N–H and O–H groups in total. The molecule has 22 heavy (non-hydrogen) atoms. The van der Waals surface area contributed by atoms with E-state index in [1.54, 1.807) is 0 Å². The van der Waals surface area contributed by atoms with Gasteiger partial charge in [0.15, 0.2) is 23.3 Å². The van der Waals surface area contributed by atoms with Crippen molar-refractivity contribution in [1.29, 1.82) is 0 Å². The molecule has 2 atom stereocenters. The summed E-state index contributed by atoms with van der Waals surface area (Å²) >= 11 is 0. The summed E-state index contributed by atoms with van der Waals surface area (Å²) in [6.45, 7) is 1.25. The summed E-state index contributed by atoms with van der Waals surface area (Å²) in [7, 11) is 0. The molecule has 0 saturated carbocycles. The van der Waals surface area contributed by atoms with Crippen LogP contribution < -0.4 is 4.90 Å². The topological polar surface area (TPSA) is 23.2 Å².